The summed E-state index contributed by atoms with van der Waals surface area (Å²) < 4.78 is 0. The SMILES string of the molecule is C.C.C.C.CCC.CCCCCC.CCCCCC.[CH2-]CC.[CH2-]CCCCC.[Y]. The van der Waals surface area contributed by atoms with E-state index in [1.807, 2.05) is 6.92 Å². The Kier molecular flexibility index (Phi) is 219. The van der Waals surface area contributed by atoms with E-state index in [4.69, 9.17) is 0 Å². The van der Waals surface area contributed by atoms with Gasteiger partial charge >= 0.3 is 0 Å². The number of hydrogen-bond acceptors (Lipinski definition) is 0. The molecule has 1 radical (unpaired) electrons. The molecule has 0 bridgehead atoms. The summed E-state index contributed by atoms with van der Waals surface area (Å²) in [7, 11) is 0. The Morgan fingerprint density at radius 3 is 0.621 bits per heavy atom. The van der Waals surface area contributed by atoms with E-state index in [9.17, 15) is 0 Å². The monoisotopic (exact) mass is 497 g/mol. The van der Waals surface area contributed by atoms with Crippen molar-refractivity contribution >= 4 is 0 Å². The summed E-state index contributed by atoms with van der Waals surface area (Å²) in [5, 5.41) is 0. The molecule has 1 heteroatoms. The summed E-state index contributed by atoms with van der Waals surface area (Å²) in [6, 6.07) is 0. The van der Waals surface area contributed by atoms with Crippen molar-refractivity contribution < 1.29 is 32.7 Å². The quantitative estimate of drug-likeness (QED) is 0.219. The van der Waals surface area contributed by atoms with Crippen LogP contribution in [0.5, 0.6) is 0 Å². The van der Waals surface area contributed by atoms with Crippen LogP contribution >= 0.6 is 0 Å². The van der Waals surface area contributed by atoms with E-state index >= 15 is 0 Å². The minimum absolute atomic E-state index is 0. The third kappa shape index (κ3) is 209. The molecular formula is C28H72Y-2. The average molecular weight is 498 g/mol. The van der Waals surface area contributed by atoms with Crippen molar-refractivity contribution in [3.8, 4) is 0 Å². The van der Waals surface area contributed by atoms with Gasteiger partial charge in [0.25, 0.3) is 0 Å². The molecule has 0 aromatic rings. The average Bonchev–Trinajstić information content (AvgIpc) is 2.59. The fourth-order valence-electron chi connectivity index (χ4n) is 1.43. The van der Waals surface area contributed by atoms with Crippen LogP contribution in [0.2, 0.25) is 0 Å². The summed E-state index contributed by atoms with van der Waals surface area (Å²) in [5.74, 6) is 0. The topological polar surface area (TPSA) is 0 Å². The standard InChI is InChI=1S/2C6H14.C6H13.C3H8.C3H7.4CH4.Y/c3*1-3-5-6-4-2;2*1-3-2;;;;;/h2*3-6H2,1-2H3;1,3-6H2,2H3;3H2,1-2H3;1,3H2,2H3;4*1H4;/q;;-1;;-1;;;;;. The molecule has 0 heterocycles. The second-order valence-corrected chi connectivity index (χ2v) is 6.18. The summed E-state index contributed by atoms with van der Waals surface area (Å²) in [6.07, 6.45) is 18.4. The first-order valence-electron chi connectivity index (χ1n) is 11.2. The Morgan fingerprint density at radius 2 is 0.552 bits per heavy atom. The van der Waals surface area contributed by atoms with Crippen LogP contribution in [0, 0.1) is 13.8 Å². The van der Waals surface area contributed by atoms with Gasteiger partial charge in [-0.2, -0.15) is 12.8 Å². The fraction of sp³-hybridized carbons (Fsp3) is 0.929. The van der Waals surface area contributed by atoms with Crippen molar-refractivity contribution in [1.82, 2.24) is 0 Å². The van der Waals surface area contributed by atoms with Gasteiger partial charge in [0.15, 0.2) is 0 Å². The largest absolute Gasteiger partial charge is 0.344 e. The van der Waals surface area contributed by atoms with Gasteiger partial charge in [-0.05, 0) is 0 Å². The van der Waals surface area contributed by atoms with Gasteiger partial charge in [-0.3, -0.25) is 0 Å². The van der Waals surface area contributed by atoms with Gasteiger partial charge in [0.1, 0.15) is 0 Å². The molecular weight excluding hydrogens is 425 g/mol. The maximum Gasteiger partial charge on any atom is 0 e. The summed E-state index contributed by atoms with van der Waals surface area (Å²) >= 11 is 0. The van der Waals surface area contributed by atoms with Crippen LogP contribution in [0.15, 0.2) is 0 Å². The summed E-state index contributed by atoms with van der Waals surface area (Å²) in [6.45, 7) is 24.6. The van der Waals surface area contributed by atoms with Crippen molar-refractivity contribution in [2.75, 3.05) is 0 Å². The van der Waals surface area contributed by atoms with Crippen molar-refractivity contribution in [1.29, 1.82) is 0 Å². The van der Waals surface area contributed by atoms with Crippen LogP contribution in [0.3, 0.4) is 0 Å². The Morgan fingerprint density at radius 1 is 0.414 bits per heavy atom. The molecule has 0 saturated heterocycles. The first kappa shape index (κ1) is 63.1. The van der Waals surface area contributed by atoms with E-state index in [1.54, 1.807) is 0 Å². The predicted octanol–water partition coefficient (Wildman–Crippen LogP) is 12.8. The summed E-state index contributed by atoms with van der Waals surface area (Å²) in [5.41, 5.74) is 0. The zero-order valence-electron chi connectivity index (χ0n) is 19.9. The second-order valence-electron chi connectivity index (χ2n) is 6.18. The number of hydrogen-bond donors (Lipinski definition) is 0. The van der Waals surface area contributed by atoms with Crippen LogP contribution in [0.25, 0.3) is 0 Å². The van der Waals surface area contributed by atoms with E-state index in [0.717, 1.165) is 12.8 Å². The molecule has 0 atom stereocenters. The zero-order chi connectivity index (χ0) is 19.9. The van der Waals surface area contributed by atoms with Crippen molar-refractivity contribution in [2.24, 2.45) is 0 Å². The third-order valence-corrected chi connectivity index (χ3v) is 2.77. The minimum Gasteiger partial charge on any atom is -0.344 e. The van der Waals surface area contributed by atoms with Gasteiger partial charge in [0.2, 0.25) is 0 Å². The zero-order valence-corrected chi connectivity index (χ0v) is 22.7. The molecule has 0 N–H and O–H groups in total. The maximum atomic E-state index is 3.72. The van der Waals surface area contributed by atoms with Gasteiger partial charge in [-0.15, -0.1) is 0 Å². The van der Waals surface area contributed by atoms with Crippen LogP contribution in [-0.4, -0.2) is 0 Å². The Labute approximate surface area is 220 Å². The van der Waals surface area contributed by atoms with Crippen LogP contribution in [0.1, 0.15) is 175 Å². The molecule has 0 unspecified atom stereocenters. The molecule has 0 aliphatic heterocycles. The van der Waals surface area contributed by atoms with E-state index in [-0.39, 0.29) is 62.4 Å². The molecule has 0 aromatic heterocycles. The van der Waals surface area contributed by atoms with Gasteiger partial charge in [-0.25, -0.2) is 0 Å². The fourth-order valence-corrected chi connectivity index (χ4v) is 1.43. The molecule has 0 aliphatic carbocycles. The van der Waals surface area contributed by atoms with E-state index in [1.165, 1.54) is 77.0 Å². The minimum atomic E-state index is 0. The summed E-state index contributed by atoms with van der Waals surface area (Å²) in [4.78, 5) is 0. The Balaban J connectivity index is -0.0000000191. The molecule has 0 aromatic carbocycles. The van der Waals surface area contributed by atoms with E-state index < -0.39 is 0 Å². The molecule has 0 saturated carbocycles. The molecule has 0 amide bonds. The van der Waals surface area contributed by atoms with Crippen molar-refractivity contribution in [3.63, 3.8) is 0 Å². The van der Waals surface area contributed by atoms with Gasteiger partial charge < -0.3 is 13.8 Å². The van der Waals surface area contributed by atoms with Gasteiger partial charge in [0, 0.05) is 32.7 Å². The van der Waals surface area contributed by atoms with Gasteiger partial charge in [0.05, 0.1) is 0 Å². The van der Waals surface area contributed by atoms with Gasteiger partial charge in [-0.1, -0.05) is 162 Å². The molecule has 0 spiro atoms. The van der Waals surface area contributed by atoms with Crippen molar-refractivity contribution in [3.05, 3.63) is 13.8 Å². The molecule has 0 aliphatic rings. The predicted molar refractivity (Wildman–Crippen MR) is 148 cm³/mol. The van der Waals surface area contributed by atoms with Crippen LogP contribution in [-0.2, 0) is 32.7 Å². The third-order valence-electron chi connectivity index (χ3n) is 2.77. The Bertz CT molecular complexity index is 79.9. The maximum absolute atomic E-state index is 3.72. The molecule has 0 rings (SSSR count). The van der Waals surface area contributed by atoms with Crippen molar-refractivity contribution in [2.45, 2.75) is 175 Å². The molecule has 29 heavy (non-hydrogen) atoms. The van der Waals surface area contributed by atoms with Crippen LogP contribution < -0.4 is 0 Å². The van der Waals surface area contributed by atoms with Crippen LogP contribution in [0.4, 0.5) is 0 Å². The first-order valence-corrected chi connectivity index (χ1v) is 11.2. The first-order chi connectivity index (χ1) is 11.6. The van der Waals surface area contributed by atoms with E-state index in [0.29, 0.717) is 0 Å². The smallest absolute Gasteiger partial charge is 0 e. The Hall–Kier alpha value is 1.10. The molecule has 0 nitrogen and oxygen atoms in total. The number of unbranched alkanes of at least 4 members (excludes halogenated alkanes) is 9. The normalized spacial score (nSPS) is 6.83. The van der Waals surface area contributed by atoms with E-state index in [2.05, 4.69) is 62.3 Å². The number of rotatable bonds is 9. The molecule has 189 valence electrons. The second kappa shape index (κ2) is 101. The molecule has 0 fully saturated rings.